The number of pyridine rings is 2. The predicted molar refractivity (Wildman–Crippen MR) is 108 cm³/mol. The van der Waals surface area contributed by atoms with Gasteiger partial charge in [0.1, 0.15) is 0 Å². The van der Waals surface area contributed by atoms with Crippen LogP contribution in [0.4, 0.5) is 0 Å². The van der Waals surface area contributed by atoms with Crippen molar-refractivity contribution in [3.63, 3.8) is 0 Å². The van der Waals surface area contributed by atoms with Crippen molar-refractivity contribution in [2.45, 2.75) is 18.6 Å². The van der Waals surface area contributed by atoms with Gasteiger partial charge in [0, 0.05) is 41.8 Å². The maximum absolute atomic E-state index is 11.0. The Bertz CT molecular complexity index is 1140. The summed E-state index contributed by atoms with van der Waals surface area (Å²) < 4.78 is 2.09. The average molecular weight is 389 g/mol. The Morgan fingerprint density at radius 3 is 2.61 bits per heavy atom. The summed E-state index contributed by atoms with van der Waals surface area (Å²) in [5, 5.41) is 11.5. The smallest absolute Gasteiger partial charge is 0.0956 e. The standard InChI is InChI=1S/C22H17ClN4O/c23-19-9-15(14-3-6-24-7-4-14)1-2-17(19)22(28)10-20-16-5-8-25-11-18(16)21-12-26-13-27(20)21/h1-9,11-13,20,22,28H,10H2. The maximum atomic E-state index is 11.0. The molecule has 0 fully saturated rings. The number of hydrogen-bond acceptors (Lipinski definition) is 4. The molecule has 3 aromatic heterocycles. The molecule has 138 valence electrons. The Labute approximate surface area is 167 Å². The minimum Gasteiger partial charge on any atom is -0.388 e. The predicted octanol–water partition coefficient (Wildman–Crippen LogP) is 4.69. The Morgan fingerprint density at radius 1 is 0.964 bits per heavy atom. The summed E-state index contributed by atoms with van der Waals surface area (Å²) >= 11 is 6.53. The van der Waals surface area contributed by atoms with Gasteiger partial charge in [0.25, 0.3) is 0 Å². The third-order valence-corrected chi connectivity index (χ3v) is 5.64. The summed E-state index contributed by atoms with van der Waals surface area (Å²) in [6.45, 7) is 0. The van der Waals surface area contributed by atoms with E-state index in [1.165, 1.54) is 0 Å². The number of nitrogens with zero attached hydrogens (tertiary/aromatic N) is 4. The number of rotatable bonds is 4. The highest BCUT2D eigenvalue weighted by Crippen LogP contribution is 2.43. The number of fused-ring (bicyclic) bond motifs is 3. The first-order valence-electron chi connectivity index (χ1n) is 9.06. The number of aromatic nitrogens is 4. The maximum Gasteiger partial charge on any atom is 0.0956 e. The molecule has 0 saturated carbocycles. The van der Waals surface area contributed by atoms with Crippen LogP contribution in [0.1, 0.15) is 29.7 Å². The van der Waals surface area contributed by atoms with Gasteiger partial charge in [-0.05, 0) is 46.5 Å². The zero-order valence-electron chi connectivity index (χ0n) is 14.9. The normalized spacial score (nSPS) is 15.9. The molecule has 1 N–H and O–H groups in total. The molecule has 5 nitrogen and oxygen atoms in total. The van der Waals surface area contributed by atoms with Gasteiger partial charge in [-0.25, -0.2) is 4.98 Å². The molecule has 28 heavy (non-hydrogen) atoms. The van der Waals surface area contributed by atoms with Gasteiger partial charge in [0.05, 0.1) is 30.4 Å². The molecule has 0 radical (unpaired) electrons. The minimum atomic E-state index is -0.696. The number of aliphatic hydroxyl groups excluding tert-OH is 1. The average Bonchev–Trinajstić information content (AvgIpc) is 3.31. The molecule has 0 spiro atoms. The van der Waals surface area contributed by atoms with E-state index < -0.39 is 6.10 Å². The van der Waals surface area contributed by atoms with Crippen LogP contribution in [0.5, 0.6) is 0 Å². The van der Waals surface area contributed by atoms with Crippen LogP contribution in [-0.2, 0) is 0 Å². The van der Waals surface area contributed by atoms with Crippen LogP contribution in [0.25, 0.3) is 22.4 Å². The molecule has 0 bridgehead atoms. The van der Waals surface area contributed by atoms with Crippen molar-refractivity contribution in [3.8, 4) is 22.4 Å². The molecule has 1 aliphatic rings. The monoisotopic (exact) mass is 388 g/mol. The van der Waals surface area contributed by atoms with E-state index in [2.05, 4.69) is 19.5 Å². The van der Waals surface area contributed by atoms with Crippen LogP contribution in [0.15, 0.2) is 73.7 Å². The summed E-state index contributed by atoms with van der Waals surface area (Å²) in [5.74, 6) is 0. The zero-order valence-corrected chi connectivity index (χ0v) is 15.7. The molecular weight excluding hydrogens is 372 g/mol. The van der Waals surface area contributed by atoms with Crippen LogP contribution >= 0.6 is 11.6 Å². The second-order valence-electron chi connectivity index (χ2n) is 6.89. The SMILES string of the molecule is OC(CC1c2ccncc2-c2cncn21)c1ccc(-c2ccncc2)cc1Cl. The Balaban J connectivity index is 1.44. The van der Waals surface area contributed by atoms with E-state index in [1.54, 1.807) is 24.9 Å². The summed E-state index contributed by atoms with van der Waals surface area (Å²) in [4.78, 5) is 12.5. The lowest BCUT2D eigenvalue weighted by atomic mass is 9.95. The fourth-order valence-corrected chi connectivity index (χ4v) is 4.23. The van der Waals surface area contributed by atoms with Crippen molar-refractivity contribution in [2.24, 2.45) is 0 Å². The number of benzene rings is 1. The first-order valence-corrected chi connectivity index (χ1v) is 9.44. The van der Waals surface area contributed by atoms with Gasteiger partial charge in [-0.3, -0.25) is 9.97 Å². The van der Waals surface area contributed by atoms with Crippen LogP contribution < -0.4 is 0 Å². The molecule has 6 heteroatoms. The van der Waals surface area contributed by atoms with Gasteiger partial charge in [-0.15, -0.1) is 0 Å². The van der Waals surface area contributed by atoms with Gasteiger partial charge in [-0.2, -0.15) is 0 Å². The topological polar surface area (TPSA) is 63.8 Å². The van der Waals surface area contributed by atoms with Crippen molar-refractivity contribution in [2.75, 3.05) is 0 Å². The third kappa shape index (κ3) is 2.80. The van der Waals surface area contributed by atoms with Crippen LogP contribution in [0.2, 0.25) is 5.02 Å². The molecular formula is C22H17ClN4O. The molecule has 1 aliphatic heterocycles. The fraction of sp³-hybridized carbons (Fsp3) is 0.136. The Morgan fingerprint density at radius 2 is 1.79 bits per heavy atom. The van der Waals surface area contributed by atoms with Gasteiger partial charge in [0.2, 0.25) is 0 Å². The Kier molecular flexibility index (Phi) is 4.19. The third-order valence-electron chi connectivity index (χ3n) is 5.31. The zero-order chi connectivity index (χ0) is 19.1. The second kappa shape index (κ2) is 6.86. The first-order chi connectivity index (χ1) is 13.7. The first kappa shape index (κ1) is 17.1. The summed E-state index contributed by atoms with van der Waals surface area (Å²) in [6.07, 6.45) is 10.6. The van der Waals surface area contributed by atoms with Crippen LogP contribution in [0, 0.1) is 0 Å². The van der Waals surface area contributed by atoms with E-state index in [0.29, 0.717) is 11.4 Å². The van der Waals surface area contributed by atoms with Gasteiger partial charge in [-0.1, -0.05) is 23.7 Å². The van der Waals surface area contributed by atoms with Crippen LogP contribution in [-0.4, -0.2) is 24.6 Å². The van der Waals surface area contributed by atoms with Crippen LogP contribution in [0.3, 0.4) is 0 Å². The summed E-state index contributed by atoms with van der Waals surface area (Å²) in [6, 6.07) is 11.7. The highest BCUT2D eigenvalue weighted by molar-refractivity contribution is 6.31. The van der Waals surface area contributed by atoms with E-state index in [4.69, 9.17) is 11.6 Å². The highest BCUT2D eigenvalue weighted by Gasteiger charge is 2.30. The molecule has 2 unspecified atom stereocenters. The van der Waals surface area contributed by atoms with Crippen molar-refractivity contribution in [1.29, 1.82) is 0 Å². The van der Waals surface area contributed by atoms with Gasteiger partial charge < -0.3 is 9.67 Å². The molecule has 0 aliphatic carbocycles. The lowest BCUT2D eigenvalue weighted by molar-refractivity contribution is 0.154. The minimum absolute atomic E-state index is 0.00133. The number of hydrogen-bond donors (Lipinski definition) is 1. The number of aliphatic hydroxyl groups is 1. The summed E-state index contributed by atoms with van der Waals surface area (Å²) in [7, 11) is 0. The lowest BCUT2D eigenvalue weighted by Gasteiger charge is -2.20. The summed E-state index contributed by atoms with van der Waals surface area (Å²) in [5.41, 5.74) is 6.01. The molecule has 5 rings (SSSR count). The van der Waals surface area contributed by atoms with Crippen molar-refractivity contribution in [3.05, 3.63) is 89.9 Å². The van der Waals surface area contributed by atoms with E-state index in [1.807, 2.05) is 48.8 Å². The molecule has 4 heterocycles. The van der Waals surface area contributed by atoms with E-state index >= 15 is 0 Å². The van der Waals surface area contributed by atoms with E-state index in [9.17, 15) is 5.11 Å². The number of imidazole rings is 1. The molecule has 0 amide bonds. The second-order valence-corrected chi connectivity index (χ2v) is 7.30. The van der Waals surface area contributed by atoms with Crippen molar-refractivity contribution >= 4 is 11.6 Å². The molecule has 4 aromatic rings. The van der Waals surface area contributed by atoms with Gasteiger partial charge >= 0.3 is 0 Å². The largest absolute Gasteiger partial charge is 0.388 e. The van der Waals surface area contributed by atoms with E-state index in [-0.39, 0.29) is 6.04 Å². The van der Waals surface area contributed by atoms with Crippen molar-refractivity contribution in [1.82, 2.24) is 19.5 Å². The van der Waals surface area contributed by atoms with Crippen molar-refractivity contribution < 1.29 is 5.11 Å². The molecule has 0 saturated heterocycles. The van der Waals surface area contributed by atoms with E-state index in [0.717, 1.165) is 33.5 Å². The molecule has 1 aromatic carbocycles. The number of halogens is 1. The quantitative estimate of drug-likeness (QED) is 0.551. The highest BCUT2D eigenvalue weighted by atomic mass is 35.5. The Hall–Kier alpha value is -3.02. The van der Waals surface area contributed by atoms with Gasteiger partial charge in [0.15, 0.2) is 0 Å². The fourth-order valence-electron chi connectivity index (χ4n) is 3.92. The molecule has 2 atom stereocenters. The lowest BCUT2D eigenvalue weighted by Crippen LogP contribution is -2.11.